The van der Waals surface area contributed by atoms with Crippen molar-refractivity contribution in [3.05, 3.63) is 53.6 Å². The average molecular weight is 366 g/mol. The molecule has 0 fully saturated rings. The molecule has 0 aliphatic rings. The molecule has 3 N–H and O–H groups in total. The molecule has 0 aliphatic heterocycles. The number of ether oxygens (including phenoxy) is 1. The number of phenols is 1. The zero-order valence-electron chi connectivity index (χ0n) is 13.4. The minimum absolute atomic E-state index is 0.0991. The summed E-state index contributed by atoms with van der Waals surface area (Å²) in [7, 11) is -3.67. The number of carboxylic acids is 1. The number of aliphatic hydroxyl groups excluding tert-OH is 1. The van der Waals surface area contributed by atoms with E-state index in [0.29, 0.717) is 0 Å². The normalized spacial score (nSPS) is 12.6. The zero-order valence-corrected chi connectivity index (χ0v) is 14.2. The van der Waals surface area contributed by atoms with Crippen LogP contribution in [0, 0.1) is 6.92 Å². The largest absolute Gasteiger partial charge is 0.507 e. The molecular weight excluding hydrogens is 348 g/mol. The molecule has 0 amide bonds. The Morgan fingerprint density at radius 1 is 1.16 bits per heavy atom. The van der Waals surface area contributed by atoms with Gasteiger partial charge in [-0.05, 0) is 37.3 Å². The molecule has 0 aliphatic carbocycles. The lowest BCUT2D eigenvalue weighted by atomic mass is 10.2. The van der Waals surface area contributed by atoms with Gasteiger partial charge in [0, 0.05) is 0 Å². The van der Waals surface area contributed by atoms with Crippen molar-refractivity contribution in [1.29, 1.82) is 0 Å². The van der Waals surface area contributed by atoms with Crippen LogP contribution in [0.3, 0.4) is 0 Å². The maximum absolute atomic E-state index is 12.2. The Labute approximate surface area is 145 Å². The number of rotatable bonds is 7. The SMILES string of the molecule is Cc1ccc(S(=O)(=O)CC(O)COc2ccc(O)c(C(=O)O)c2)cc1. The fourth-order valence-electron chi connectivity index (χ4n) is 2.11. The van der Waals surface area contributed by atoms with E-state index in [4.69, 9.17) is 9.84 Å². The number of hydrogen-bond donors (Lipinski definition) is 3. The molecule has 0 bridgehead atoms. The number of carbonyl (C=O) groups is 1. The molecule has 0 saturated heterocycles. The van der Waals surface area contributed by atoms with E-state index in [1.807, 2.05) is 6.92 Å². The summed E-state index contributed by atoms with van der Waals surface area (Å²) < 4.78 is 29.7. The molecule has 0 spiro atoms. The minimum Gasteiger partial charge on any atom is -0.507 e. The van der Waals surface area contributed by atoms with Crippen molar-refractivity contribution in [3.63, 3.8) is 0 Å². The van der Waals surface area contributed by atoms with E-state index in [1.165, 1.54) is 18.2 Å². The van der Waals surface area contributed by atoms with E-state index in [0.717, 1.165) is 17.7 Å². The van der Waals surface area contributed by atoms with Crippen LogP contribution in [0.1, 0.15) is 15.9 Å². The number of aromatic hydroxyl groups is 1. The molecule has 2 aromatic rings. The molecular formula is C17H18O7S. The summed E-state index contributed by atoms with van der Waals surface area (Å²) in [5.74, 6) is -2.17. The van der Waals surface area contributed by atoms with Gasteiger partial charge >= 0.3 is 5.97 Å². The highest BCUT2D eigenvalue weighted by Crippen LogP contribution is 2.23. The predicted octanol–water partition coefficient (Wildman–Crippen LogP) is 1.61. The lowest BCUT2D eigenvalue weighted by Gasteiger charge is -2.13. The number of aliphatic hydroxyl groups is 1. The lowest BCUT2D eigenvalue weighted by Crippen LogP contribution is -2.27. The number of carboxylic acid groups (broad SMARTS) is 1. The monoisotopic (exact) mass is 366 g/mol. The molecule has 1 unspecified atom stereocenters. The standard InChI is InChI=1S/C17H18O7S/c1-11-2-5-14(6-3-11)25(22,23)10-12(18)9-24-13-4-7-16(19)15(8-13)17(20)21/h2-8,12,18-19H,9-10H2,1H3,(H,20,21). The number of hydrogen-bond acceptors (Lipinski definition) is 6. The van der Waals surface area contributed by atoms with Crippen molar-refractivity contribution < 1.29 is 33.3 Å². The first kappa shape index (κ1) is 18.8. The molecule has 7 nitrogen and oxygen atoms in total. The second-order valence-electron chi connectivity index (χ2n) is 5.54. The van der Waals surface area contributed by atoms with Crippen LogP contribution in [-0.4, -0.2) is 48.2 Å². The van der Waals surface area contributed by atoms with Crippen molar-refractivity contribution in [1.82, 2.24) is 0 Å². The van der Waals surface area contributed by atoms with Crippen molar-refractivity contribution in [3.8, 4) is 11.5 Å². The first-order valence-corrected chi connectivity index (χ1v) is 9.01. The van der Waals surface area contributed by atoms with E-state index < -0.39 is 33.4 Å². The third kappa shape index (κ3) is 4.94. The Morgan fingerprint density at radius 3 is 2.40 bits per heavy atom. The van der Waals surface area contributed by atoms with Crippen LogP contribution in [0.5, 0.6) is 11.5 Å². The summed E-state index contributed by atoms with van der Waals surface area (Å²) in [6, 6.07) is 9.84. The van der Waals surface area contributed by atoms with Gasteiger partial charge in [0.15, 0.2) is 9.84 Å². The van der Waals surface area contributed by atoms with Gasteiger partial charge in [-0.2, -0.15) is 0 Å². The molecule has 0 heterocycles. The van der Waals surface area contributed by atoms with Crippen molar-refractivity contribution in [2.75, 3.05) is 12.4 Å². The summed E-state index contributed by atoms with van der Waals surface area (Å²) in [6.07, 6.45) is -1.30. The predicted molar refractivity (Wildman–Crippen MR) is 89.8 cm³/mol. The molecule has 0 radical (unpaired) electrons. The summed E-state index contributed by atoms with van der Waals surface area (Å²) in [4.78, 5) is 11.0. The van der Waals surface area contributed by atoms with Crippen molar-refractivity contribution in [2.24, 2.45) is 0 Å². The highest BCUT2D eigenvalue weighted by molar-refractivity contribution is 7.91. The van der Waals surface area contributed by atoms with Gasteiger partial charge in [-0.1, -0.05) is 17.7 Å². The number of benzene rings is 2. The van der Waals surface area contributed by atoms with Crippen molar-refractivity contribution >= 4 is 15.8 Å². The van der Waals surface area contributed by atoms with Gasteiger partial charge in [0.2, 0.25) is 0 Å². The molecule has 134 valence electrons. The van der Waals surface area contributed by atoms with Gasteiger partial charge in [0.25, 0.3) is 0 Å². The van der Waals surface area contributed by atoms with Crippen molar-refractivity contribution in [2.45, 2.75) is 17.9 Å². The third-order valence-electron chi connectivity index (χ3n) is 3.43. The van der Waals surface area contributed by atoms with Crippen LogP contribution in [-0.2, 0) is 9.84 Å². The van der Waals surface area contributed by atoms with Crippen LogP contribution < -0.4 is 4.74 Å². The maximum Gasteiger partial charge on any atom is 0.339 e. The Hall–Kier alpha value is -2.58. The molecule has 1 atom stereocenters. The van der Waals surface area contributed by atoms with Crippen LogP contribution in [0.25, 0.3) is 0 Å². The Kier molecular flexibility index (Phi) is 5.66. The molecule has 8 heteroatoms. The fraction of sp³-hybridized carbons (Fsp3) is 0.235. The van der Waals surface area contributed by atoms with E-state index in [-0.39, 0.29) is 22.8 Å². The minimum atomic E-state index is -3.67. The first-order chi connectivity index (χ1) is 11.7. The second kappa shape index (κ2) is 7.54. The summed E-state index contributed by atoms with van der Waals surface area (Å²) in [6.45, 7) is 1.50. The number of aryl methyl sites for hydroxylation is 1. The van der Waals surface area contributed by atoms with Gasteiger partial charge in [0.05, 0.1) is 10.6 Å². The Balaban J connectivity index is 2.01. The van der Waals surface area contributed by atoms with Gasteiger partial charge in [-0.3, -0.25) is 0 Å². The maximum atomic E-state index is 12.2. The van der Waals surface area contributed by atoms with E-state index in [9.17, 15) is 23.4 Å². The molecule has 25 heavy (non-hydrogen) atoms. The molecule has 2 aromatic carbocycles. The van der Waals surface area contributed by atoms with E-state index in [1.54, 1.807) is 12.1 Å². The van der Waals surface area contributed by atoms with Gasteiger partial charge in [-0.15, -0.1) is 0 Å². The summed E-state index contributed by atoms with van der Waals surface area (Å²) >= 11 is 0. The van der Waals surface area contributed by atoms with Gasteiger partial charge < -0.3 is 20.1 Å². The zero-order chi connectivity index (χ0) is 18.6. The first-order valence-electron chi connectivity index (χ1n) is 7.35. The molecule has 0 aromatic heterocycles. The van der Waals surface area contributed by atoms with E-state index >= 15 is 0 Å². The molecule has 2 rings (SSSR count). The van der Waals surface area contributed by atoms with Crippen LogP contribution in [0.2, 0.25) is 0 Å². The Bertz CT molecular complexity index is 857. The summed E-state index contributed by atoms with van der Waals surface area (Å²) in [5.41, 5.74) is 0.573. The topological polar surface area (TPSA) is 121 Å². The number of sulfone groups is 1. The third-order valence-corrected chi connectivity index (χ3v) is 5.25. The molecule has 0 saturated carbocycles. The lowest BCUT2D eigenvalue weighted by molar-refractivity contribution is 0.0693. The summed E-state index contributed by atoms with van der Waals surface area (Å²) in [5, 5.41) is 28.3. The highest BCUT2D eigenvalue weighted by Gasteiger charge is 2.20. The smallest absolute Gasteiger partial charge is 0.339 e. The van der Waals surface area contributed by atoms with Crippen LogP contribution in [0.15, 0.2) is 47.4 Å². The Morgan fingerprint density at radius 2 is 1.80 bits per heavy atom. The van der Waals surface area contributed by atoms with E-state index in [2.05, 4.69) is 0 Å². The quantitative estimate of drug-likeness (QED) is 0.680. The van der Waals surface area contributed by atoms with Crippen LogP contribution in [0.4, 0.5) is 0 Å². The average Bonchev–Trinajstić information content (AvgIpc) is 2.53. The second-order valence-corrected chi connectivity index (χ2v) is 7.58. The number of aromatic carboxylic acids is 1. The highest BCUT2D eigenvalue weighted by atomic mass is 32.2. The van der Waals surface area contributed by atoms with Gasteiger partial charge in [-0.25, -0.2) is 13.2 Å². The fourth-order valence-corrected chi connectivity index (χ4v) is 3.46. The van der Waals surface area contributed by atoms with Gasteiger partial charge in [0.1, 0.15) is 29.8 Å². The van der Waals surface area contributed by atoms with Crippen LogP contribution >= 0.6 is 0 Å².